The van der Waals surface area contributed by atoms with Gasteiger partial charge in [-0.25, -0.2) is 0 Å². The summed E-state index contributed by atoms with van der Waals surface area (Å²) in [6.45, 7) is 14.0. The molecule has 3 nitrogen and oxygen atoms in total. The Hall–Kier alpha value is -0.570. The quantitative estimate of drug-likeness (QED) is 0.756. The van der Waals surface area contributed by atoms with E-state index in [9.17, 15) is 4.79 Å². The zero-order valence-corrected chi connectivity index (χ0v) is 12.7. The molecule has 1 saturated heterocycles. The maximum atomic E-state index is 12.6. The van der Waals surface area contributed by atoms with E-state index >= 15 is 0 Å². The molecule has 1 rings (SSSR count). The van der Waals surface area contributed by atoms with E-state index in [1.54, 1.807) is 0 Å². The molecule has 1 unspecified atom stereocenters. The minimum Gasteiger partial charge on any atom is -0.381 e. The van der Waals surface area contributed by atoms with Crippen molar-refractivity contribution < 1.29 is 9.53 Å². The normalized spacial score (nSPS) is 20.8. The number of amides is 1. The van der Waals surface area contributed by atoms with E-state index in [1.165, 1.54) is 0 Å². The highest BCUT2D eigenvalue weighted by atomic mass is 16.5. The molecule has 0 aromatic heterocycles. The second-order valence-corrected chi connectivity index (χ2v) is 6.26. The van der Waals surface area contributed by atoms with Crippen LogP contribution in [0.4, 0.5) is 0 Å². The number of ether oxygens (including phenoxy) is 1. The predicted molar refractivity (Wildman–Crippen MR) is 74.4 cm³/mol. The topological polar surface area (TPSA) is 29.5 Å². The number of rotatable bonds is 5. The van der Waals surface area contributed by atoms with Gasteiger partial charge >= 0.3 is 0 Å². The van der Waals surface area contributed by atoms with Crippen LogP contribution in [0.2, 0.25) is 0 Å². The third-order valence-corrected chi connectivity index (χ3v) is 4.33. The summed E-state index contributed by atoms with van der Waals surface area (Å²) in [5.41, 5.74) is 0.111. The SMILES string of the molecule is CCN(CC(C)C)C(=O)C(C)C1(C)CCOCC1. The average molecular weight is 255 g/mol. The van der Waals surface area contributed by atoms with Crippen LogP contribution in [-0.4, -0.2) is 37.1 Å². The van der Waals surface area contributed by atoms with Crippen LogP contribution in [0, 0.1) is 17.3 Å². The fourth-order valence-corrected chi connectivity index (χ4v) is 2.66. The van der Waals surface area contributed by atoms with Crippen molar-refractivity contribution in [2.75, 3.05) is 26.3 Å². The van der Waals surface area contributed by atoms with E-state index in [0.29, 0.717) is 11.8 Å². The molecule has 1 atom stereocenters. The van der Waals surface area contributed by atoms with Gasteiger partial charge in [-0.05, 0) is 31.1 Å². The number of nitrogens with zero attached hydrogens (tertiary/aromatic N) is 1. The zero-order chi connectivity index (χ0) is 13.8. The summed E-state index contributed by atoms with van der Waals surface area (Å²) < 4.78 is 5.42. The summed E-state index contributed by atoms with van der Waals surface area (Å²) in [4.78, 5) is 14.6. The van der Waals surface area contributed by atoms with Crippen LogP contribution < -0.4 is 0 Å². The van der Waals surface area contributed by atoms with Crippen molar-refractivity contribution in [3.8, 4) is 0 Å². The van der Waals surface area contributed by atoms with Crippen LogP contribution in [-0.2, 0) is 9.53 Å². The molecule has 0 aliphatic carbocycles. The van der Waals surface area contributed by atoms with Crippen molar-refractivity contribution in [1.82, 2.24) is 4.90 Å². The van der Waals surface area contributed by atoms with Crippen LogP contribution in [0.5, 0.6) is 0 Å². The number of carbonyl (C=O) groups is 1. The second kappa shape index (κ2) is 6.55. The molecule has 1 fully saturated rings. The molecule has 0 saturated carbocycles. The summed E-state index contributed by atoms with van der Waals surface area (Å²) in [5.74, 6) is 0.944. The monoisotopic (exact) mass is 255 g/mol. The lowest BCUT2D eigenvalue weighted by atomic mass is 9.71. The summed E-state index contributed by atoms with van der Waals surface area (Å²) in [5, 5.41) is 0. The molecule has 106 valence electrons. The highest BCUT2D eigenvalue weighted by Crippen LogP contribution is 2.38. The minimum absolute atomic E-state index is 0.0973. The van der Waals surface area contributed by atoms with Crippen molar-refractivity contribution in [2.45, 2.75) is 47.5 Å². The molecule has 1 amide bonds. The van der Waals surface area contributed by atoms with Crippen molar-refractivity contribution in [2.24, 2.45) is 17.3 Å². The van der Waals surface area contributed by atoms with Crippen LogP contribution in [0.3, 0.4) is 0 Å². The standard InChI is InChI=1S/C15H29NO2/c1-6-16(11-12(2)3)14(17)13(4)15(5)7-9-18-10-8-15/h12-13H,6-11H2,1-5H3. The summed E-state index contributed by atoms with van der Waals surface area (Å²) in [6, 6.07) is 0. The van der Waals surface area contributed by atoms with Gasteiger partial charge in [0.15, 0.2) is 0 Å². The van der Waals surface area contributed by atoms with E-state index in [4.69, 9.17) is 4.74 Å². The second-order valence-electron chi connectivity index (χ2n) is 6.26. The highest BCUT2D eigenvalue weighted by Gasteiger charge is 2.38. The molecule has 0 N–H and O–H groups in total. The Morgan fingerprint density at radius 3 is 2.28 bits per heavy atom. The van der Waals surface area contributed by atoms with E-state index in [1.807, 2.05) is 4.90 Å². The molecule has 0 radical (unpaired) electrons. The smallest absolute Gasteiger partial charge is 0.225 e. The molecular formula is C15H29NO2. The van der Waals surface area contributed by atoms with Crippen LogP contribution in [0.1, 0.15) is 47.5 Å². The molecule has 0 aromatic carbocycles. The third-order valence-electron chi connectivity index (χ3n) is 4.33. The first-order valence-corrected chi connectivity index (χ1v) is 7.27. The lowest BCUT2D eigenvalue weighted by Crippen LogP contribution is -2.45. The number of carbonyl (C=O) groups excluding carboxylic acids is 1. The molecule has 0 spiro atoms. The van der Waals surface area contributed by atoms with Crippen molar-refractivity contribution in [3.63, 3.8) is 0 Å². The van der Waals surface area contributed by atoms with E-state index < -0.39 is 0 Å². The first-order valence-electron chi connectivity index (χ1n) is 7.27. The fraction of sp³-hybridized carbons (Fsp3) is 0.933. The minimum atomic E-state index is 0.0973. The Morgan fingerprint density at radius 2 is 1.83 bits per heavy atom. The van der Waals surface area contributed by atoms with Gasteiger partial charge in [-0.2, -0.15) is 0 Å². The van der Waals surface area contributed by atoms with Gasteiger partial charge in [0.2, 0.25) is 5.91 Å². The van der Waals surface area contributed by atoms with Crippen molar-refractivity contribution >= 4 is 5.91 Å². The number of hydrogen-bond donors (Lipinski definition) is 0. The summed E-state index contributed by atoms with van der Waals surface area (Å²) >= 11 is 0. The molecule has 1 heterocycles. The molecule has 1 aliphatic rings. The van der Waals surface area contributed by atoms with E-state index in [-0.39, 0.29) is 11.3 Å². The maximum Gasteiger partial charge on any atom is 0.225 e. The average Bonchev–Trinajstić information content (AvgIpc) is 2.34. The molecule has 3 heteroatoms. The van der Waals surface area contributed by atoms with Crippen LogP contribution in [0.15, 0.2) is 0 Å². The van der Waals surface area contributed by atoms with E-state index in [2.05, 4.69) is 34.6 Å². The van der Waals surface area contributed by atoms with Gasteiger partial charge < -0.3 is 9.64 Å². The summed E-state index contributed by atoms with van der Waals surface area (Å²) in [6.07, 6.45) is 2.00. The van der Waals surface area contributed by atoms with Crippen LogP contribution in [0.25, 0.3) is 0 Å². The third kappa shape index (κ3) is 3.71. The Kier molecular flexibility index (Phi) is 5.64. The number of hydrogen-bond acceptors (Lipinski definition) is 2. The first-order chi connectivity index (χ1) is 8.40. The maximum absolute atomic E-state index is 12.6. The lowest BCUT2D eigenvalue weighted by molar-refractivity contribution is -0.142. The first kappa shape index (κ1) is 15.5. The molecule has 0 aromatic rings. The van der Waals surface area contributed by atoms with Gasteiger partial charge in [0, 0.05) is 32.2 Å². The van der Waals surface area contributed by atoms with Gasteiger partial charge in [-0.1, -0.05) is 27.7 Å². The van der Waals surface area contributed by atoms with Crippen LogP contribution >= 0.6 is 0 Å². The zero-order valence-electron chi connectivity index (χ0n) is 12.7. The largest absolute Gasteiger partial charge is 0.381 e. The van der Waals surface area contributed by atoms with E-state index in [0.717, 1.165) is 39.1 Å². The highest BCUT2D eigenvalue weighted by molar-refractivity contribution is 5.79. The molecular weight excluding hydrogens is 226 g/mol. The van der Waals surface area contributed by atoms with Gasteiger partial charge in [0.1, 0.15) is 0 Å². The van der Waals surface area contributed by atoms with Gasteiger partial charge in [0.05, 0.1) is 0 Å². The Labute approximate surface area is 112 Å². The molecule has 18 heavy (non-hydrogen) atoms. The van der Waals surface area contributed by atoms with Gasteiger partial charge in [-0.3, -0.25) is 4.79 Å². The predicted octanol–water partition coefficient (Wildman–Crippen LogP) is 2.94. The Balaban J connectivity index is 2.68. The molecule has 1 aliphatic heterocycles. The van der Waals surface area contributed by atoms with Crippen molar-refractivity contribution in [3.05, 3.63) is 0 Å². The van der Waals surface area contributed by atoms with Gasteiger partial charge in [-0.15, -0.1) is 0 Å². The summed E-state index contributed by atoms with van der Waals surface area (Å²) in [7, 11) is 0. The van der Waals surface area contributed by atoms with Crippen molar-refractivity contribution in [1.29, 1.82) is 0 Å². The molecule has 0 bridgehead atoms. The van der Waals surface area contributed by atoms with Gasteiger partial charge in [0.25, 0.3) is 0 Å². The Bertz CT molecular complexity index is 270. The lowest BCUT2D eigenvalue weighted by Gasteiger charge is -2.40. The Morgan fingerprint density at radius 1 is 1.28 bits per heavy atom. The fourth-order valence-electron chi connectivity index (χ4n) is 2.66.